The Balaban J connectivity index is 1.38. The number of amides is 1. The molecule has 2 heterocycles. The molecule has 0 radical (unpaired) electrons. The summed E-state index contributed by atoms with van der Waals surface area (Å²) in [6, 6.07) is 10.8. The van der Waals surface area contributed by atoms with E-state index < -0.39 is 11.6 Å². The molecule has 1 aliphatic rings. The molecule has 0 unspecified atom stereocenters. The lowest BCUT2D eigenvalue weighted by Crippen LogP contribution is -2.48. The van der Waals surface area contributed by atoms with E-state index in [1.165, 1.54) is 6.07 Å². The van der Waals surface area contributed by atoms with Crippen LogP contribution in [-0.2, 0) is 13.2 Å². The Hall–Kier alpha value is -2.97. The smallest absolute Gasteiger partial charge is 0.276 e. The van der Waals surface area contributed by atoms with E-state index in [4.69, 9.17) is 20.9 Å². The van der Waals surface area contributed by atoms with E-state index in [9.17, 15) is 13.6 Å². The molecule has 3 aromatic rings. The van der Waals surface area contributed by atoms with Crippen LogP contribution in [0.1, 0.15) is 27.4 Å². The van der Waals surface area contributed by atoms with Gasteiger partial charge in [0.15, 0.2) is 17.3 Å². The number of halogens is 3. The lowest BCUT2D eigenvalue weighted by molar-refractivity contribution is 0.0616. The molecular weight excluding hydrogens is 440 g/mol. The van der Waals surface area contributed by atoms with E-state index in [-0.39, 0.29) is 24.0 Å². The average Bonchev–Trinajstić information content (AvgIpc) is 3.13. The molecule has 0 aliphatic carbocycles. The number of nitrogens with zero attached hydrogens (tertiary/aromatic N) is 3. The summed E-state index contributed by atoms with van der Waals surface area (Å²) in [5.74, 6) is -1.47. The van der Waals surface area contributed by atoms with E-state index in [1.807, 2.05) is 24.3 Å². The molecule has 4 rings (SSSR count). The maximum absolute atomic E-state index is 13.9. The molecule has 0 spiro atoms. The van der Waals surface area contributed by atoms with Crippen LogP contribution >= 0.6 is 11.6 Å². The molecule has 168 valence electrons. The van der Waals surface area contributed by atoms with E-state index >= 15 is 0 Å². The third-order valence-electron chi connectivity index (χ3n) is 5.41. The van der Waals surface area contributed by atoms with Crippen molar-refractivity contribution in [3.63, 3.8) is 0 Å². The maximum Gasteiger partial charge on any atom is 0.276 e. The monoisotopic (exact) mass is 461 g/mol. The average molecular weight is 462 g/mol. The molecule has 1 amide bonds. The third kappa shape index (κ3) is 5.08. The van der Waals surface area contributed by atoms with E-state index in [2.05, 4.69) is 10.1 Å². The van der Waals surface area contributed by atoms with Crippen LogP contribution in [0.15, 0.2) is 47.0 Å². The SMILES string of the molecule is Cc1onc(C(=O)N2CCN(Cc3cccc(Cl)c3)CC2)c1COc1ccc(F)cc1F. The molecule has 1 fully saturated rings. The van der Waals surface area contributed by atoms with Gasteiger partial charge in [0, 0.05) is 43.8 Å². The minimum absolute atomic E-state index is 0.111. The van der Waals surface area contributed by atoms with Gasteiger partial charge in [0.1, 0.15) is 18.2 Å². The van der Waals surface area contributed by atoms with Crippen molar-refractivity contribution in [3.05, 3.63) is 81.7 Å². The largest absolute Gasteiger partial charge is 0.486 e. The van der Waals surface area contributed by atoms with Gasteiger partial charge in [-0.25, -0.2) is 8.78 Å². The highest BCUT2D eigenvalue weighted by Gasteiger charge is 2.28. The van der Waals surface area contributed by atoms with Gasteiger partial charge in [-0.2, -0.15) is 0 Å². The van der Waals surface area contributed by atoms with Crippen LogP contribution in [0.3, 0.4) is 0 Å². The van der Waals surface area contributed by atoms with Gasteiger partial charge in [-0.3, -0.25) is 9.69 Å². The molecule has 1 aliphatic heterocycles. The summed E-state index contributed by atoms with van der Waals surface area (Å²) in [7, 11) is 0. The summed E-state index contributed by atoms with van der Waals surface area (Å²) in [5, 5.41) is 4.61. The van der Waals surface area contributed by atoms with Crippen molar-refractivity contribution in [3.8, 4) is 5.75 Å². The van der Waals surface area contributed by atoms with Crippen molar-refractivity contribution in [2.45, 2.75) is 20.1 Å². The van der Waals surface area contributed by atoms with Crippen molar-refractivity contribution in [2.24, 2.45) is 0 Å². The Kier molecular flexibility index (Phi) is 6.72. The summed E-state index contributed by atoms with van der Waals surface area (Å²) >= 11 is 6.06. The second-order valence-electron chi connectivity index (χ2n) is 7.63. The molecular formula is C23H22ClF2N3O3. The molecule has 6 nitrogen and oxygen atoms in total. The number of carbonyl (C=O) groups is 1. The molecule has 32 heavy (non-hydrogen) atoms. The first-order valence-corrected chi connectivity index (χ1v) is 10.6. The minimum Gasteiger partial charge on any atom is -0.486 e. The molecule has 0 bridgehead atoms. The highest BCUT2D eigenvalue weighted by Crippen LogP contribution is 2.23. The minimum atomic E-state index is -0.817. The quantitative estimate of drug-likeness (QED) is 0.542. The number of rotatable bonds is 6. The van der Waals surface area contributed by atoms with Crippen LogP contribution < -0.4 is 4.74 Å². The van der Waals surface area contributed by atoms with E-state index in [0.29, 0.717) is 42.5 Å². The second-order valence-corrected chi connectivity index (χ2v) is 8.06. The first-order chi connectivity index (χ1) is 15.4. The Labute approximate surface area is 189 Å². The molecule has 0 N–H and O–H groups in total. The topological polar surface area (TPSA) is 58.8 Å². The van der Waals surface area contributed by atoms with Crippen LogP contribution in [0.2, 0.25) is 5.02 Å². The van der Waals surface area contributed by atoms with Gasteiger partial charge < -0.3 is 14.2 Å². The van der Waals surface area contributed by atoms with Gasteiger partial charge in [-0.15, -0.1) is 0 Å². The number of ether oxygens (including phenoxy) is 1. The molecule has 0 atom stereocenters. The number of carbonyl (C=O) groups excluding carboxylic acids is 1. The second kappa shape index (κ2) is 9.67. The Morgan fingerprint density at radius 2 is 1.94 bits per heavy atom. The van der Waals surface area contributed by atoms with Crippen LogP contribution in [0.4, 0.5) is 8.78 Å². The highest BCUT2D eigenvalue weighted by atomic mass is 35.5. The Morgan fingerprint density at radius 3 is 2.66 bits per heavy atom. The third-order valence-corrected chi connectivity index (χ3v) is 5.64. The summed E-state index contributed by atoms with van der Waals surface area (Å²) in [6.07, 6.45) is 0. The van der Waals surface area contributed by atoms with E-state index in [0.717, 1.165) is 24.2 Å². The highest BCUT2D eigenvalue weighted by molar-refractivity contribution is 6.30. The summed E-state index contributed by atoms with van der Waals surface area (Å²) < 4.78 is 37.6. The van der Waals surface area contributed by atoms with Crippen molar-refractivity contribution < 1.29 is 22.8 Å². The summed E-state index contributed by atoms with van der Waals surface area (Å²) in [6.45, 7) is 4.80. The van der Waals surface area contributed by atoms with Gasteiger partial charge in [0.05, 0.1) is 5.56 Å². The van der Waals surface area contributed by atoms with E-state index in [1.54, 1.807) is 11.8 Å². The van der Waals surface area contributed by atoms with Crippen LogP contribution in [0, 0.1) is 18.6 Å². The molecule has 0 saturated carbocycles. The molecule has 9 heteroatoms. The lowest BCUT2D eigenvalue weighted by atomic mass is 10.1. The fraction of sp³-hybridized carbons (Fsp3) is 0.304. The molecule has 1 saturated heterocycles. The van der Waals surface area contributed by atoms with Crippen molar-refractivity contribution in [1.29, 1.82) is 0 Å². The molecule has 1 aromatic heterocycles. The first-order valence-electron chi connectivity index (χ1n) is 10.2. The fourth-order valence-electron chi connectivity index (χ4n) is 3.62. The van der Waals surface area contributed by atoms with Gasteiger partial charge in [-0.05, 0) is 36.8 Å². The van der Waals surface area contributed by atoms with Crippen LogP contribution in [-0.4, -0.2) is 47.0 Å². The van der Waals surface area contributed by atoms with Crippen molar-refractivity contribution in [1.82, 2.24) is 15.0 Å². The maximum atomic E-state index is 13.9. The van der Waals surface area contributed by atoms with Gasteiger partial charge in [0.2, 0.25) is 0 Å². The number of hydrogen-bond acceptors (Lipinski definition) is 5. The standard InChI is InChI=1S/C23H22ClF2N3O3/c1-15-19(14-31-21-6-5-18(25)12-20(21)26)22(27-32-15)23(30)29-9-7-28(8-10-29)13-16-3-2-4-17(24)11-16/h2-6,11-12H,7-10,13-14H2,1H3. The zero-order valence-corrected chi connectivity index (χ0v) is 18.2. The number of piperazine rings is 1. The Morgan fingerprint density at radius 1 is 1.16 bits per heavy atom. The van der Waals surface area contributed by atoms with Crippen LogP contribution in [0.5, 0.6) is 5.75 Å². The predicted molar refractivity (Wildman–Crippen MR) is 115 cm³/mol. The number of hydrogen-bond donors (Lipinski definition) is 0. The predicted octanol–water partition coefficient (Wildman–Crippen LogP) is 4.45. The number of aromatic nitrogens is 1. The zero-order chi connectivity index (χ0) is 22.7. The van der Waals surface area contributed by atoms with Crippen LogP contribution in [0.25, 0.3) is 0 Å². The summed E-state index contributed by atoms with van der Waals surface area (Å²) in [5.41, 5.74) is 1.71. The van der Waals surface area contributed by atoms with Gasteiger partial charge >= 0.3 is 0 Å². The van der Waals surface area contributed by atoms with Gasteiger partial charge in [-0.1, -0.05) is 28.9 Å². The first kappa shape index (κ1) is 22.2. The summed E-state index contributed by atoms with van der Waals surface area (Å²) in [4.78, 5) is 17.0. The lowest BCUT2D eigenvalue weighted by Gasteiger charge is -2.34. The van der Waals surface area contributed by atoms with Gasteiger partial charge in [0.25, 0.3) is 5.91 Å². The van der Waals surface area contributed by atoms with Crippen molar-refractivity contribution in [2.75, 3.05) is 26.2 Å². The Bertz CT molecular complexity index is 1110. The fourth-order valence-corrected chi connectivity index (χ4v) is 3.84. The number of benzene rings is 2. The number of aryl methyl sites for hydroxylation is 1. The van der Waals surface area contributed by atoms with Crippen molar-refractivity contribution >= 4 is 17.5 Å². The molecule has 2 aromatic carbocycles. The zero-order valence-electron chi connectivity index (χ0n) is 17.5. The normalized spacial score (nSPS) is 14.6.